The number of allylic oxidation sites excluding steroid dienone is 1. The summed E-state index contributed by atoms with van der Waals surface area (Å²) in [5.74, 6) is 1.72. The molecular weight excluding hydrogens is 320 g/mol. The predicted octanol–water partition coefficient (Wildman–Crippen LogP) is 2.88. The summed E-state index contributed by atoms with van der Waals surface area (Å²) in [4.78, 5) is 22.1. The fraction of sp³-hybridized carbons (Fsp3) is 0.286. The van der Waals surface area contributed by atoms with Crippen LogP contribution in [0.5, 0.6) is 0 Å². The van der Waals surface area contributed by atoms with Crippen molar-refractivity contribution >= 4 is 33.3 Å². The molecule has 3 aromatic rings. The van der Waals surface area contributed by atoms with Crippen LogP contribution >= 0.6 is 23.1 Å². The maximum atomic E-state index is 12.5. The Morgan fingerprint density at radius 2 is 2.36 bits per heavy atom. The molecule has 0 atom stereocenters. The van der Waals surface area contributed by atoms with Gasteiger partial charge in [0.05, 0.1) is 11.1 Å². The first-order valence-corrected chi connectivity index (χ1v) is 8.62. The molecule has 0 aromatic carbocycles. The Balaban J connectivity index is 1.92. The van der Waals surface area contributed by atoms with Gasteiger partial charge in [0, 0.05) is 13.0 Å². The molecule has 0 aliphatic carbocycles. The van der Waals surface area contributed by atoms with Crippen LogP contribution in [0.15, 0.2) is 38.6 Å². The lowest BCUT2D eigenvalue weighted by atomic mass is 10.4. The van der Waals surface area contributed by atoms with Crippen molar-refractivity contribution in [2.24, 2.45) is 0 Å². The first kappa shape index (κ1) is 15.0. The lowest BCUT2D eigenvalue weighted by molar-refractivity contribution is 0.378. The number of hydrogen-bond donors (Lipinski definition) is 0. The van der Waals surface area contributed by atoms with Gasteiger partial charge in [-0.25, -0.2) is 4.98 Å². The highest BCUT2D eigenvalue weighted by molar-refractivity contribution is 7.98. The van der Waals surface area contributed by atoms with E-state index in [1.54, 1.807) is 16.7 Å². The van der Waals surface area contributed by atoms with Gasteiger partial charge in [-0.2, -0.15) is 4.98 Å². The van der Waals surface area contributed by atoms with E-state index in [9.17, 15) is 4.79 Å². The van der Waals surface area contributed by atoms with E-state index in [2.05, 4.69) is 21.7 Å². The second-order valence-corrected chi connectivity index (χ2v) is 6.32. The van der Waals surface area contributed by atoms with Crippen LogP contribution in [0.1, 0.15) is 18.6 Å². The summed E-state index contributed by atoms with van der Waals surface area (Å²) in [5, 5.41) is 7.07. The molecule has 0 spiro atoms. The summed E-state index contributed by atoms with van der Waals surface area (Å²) in [6.07, 6.45) is 2.40. The molecule has 0 saturated heterocycles. The zero-order valence-corrected chi connectivity index (χ0v) is 13.6. The molecule has 0 aliphatic heterocycles. The van der Waals surface area contributed by atoms with Gasteiger partial charge in [-0.3, -0.25) is 9.36 Å². The number of thiophene rings is 1. The molecule has 0 fully saturated rings. The minimum atomic E-state index is -0.0454. The Hall–Kier alpha value is -1.93. The van der Waals surface area contributed by atoms with E-state index in [0.717, 1.165) is 4.83 Å². The largest absolute Gasteiger partial charge is 0.339 e. The molecule has 114 valence electrons. The third-order valence-electron chi connectivity index (χ3n) is 3.00. The summed E-state index contributed by atoms with van der Waals surface area (Å²) >= 11 is 2.88. The van der Waals surface area contributed by atoms with Crippen LogP contribution in [-0.4, -0.2) is 19.7 Å². The van der Waals surface area contributed by atoms with Gasteiger partial charge < -0.3 is 4.52 Å². The first-order chi connectivity index (χ1) is 10.7. The van der Waals surface area contributed by atoms with Gasteiger partial charge in [0.15, 0.2) is 11.0 Å². The van der Waals surface area contributed by atoms with Gasteiger partial charge in [0.25, 0.3) is 5.56 Å². The number of nitrogens with zero attached hydrogens (tertiary/aromatic N) is 4. The van der Waals surface area contributed by atoms with Crippen LogP contribution in [0.3, 0.4) is 0 Å². The number of thioether (sulfide) groups is 1. The molecule has 3 heterocycles. The Bertz CT molecular complexity index is 865. The molecule has 0 amide bonds. The molecule has 0 unspecified atom stereocenters. The van der Waals surface area contributed by atoms with Crippen molar-refractivity contribution in [3.63, 3.8) is 0 Å². The fourth-order valence-corrected chi connectivity index (χ4v) is 3.61. The maximum Gasteiger partial charge on any atom is 0.263 e. The summed E-state index contributed by atoms with van der Waals surface area (Å²) in [6, 6.07) is 1.80. The van der Waals surface area contributed by atoms with Gasteiger partial charge in [-0.15, -0.1) is 17.9 Å². The van der Waals surface area contributed by atoms with E-state index < -0.39 is 0 Å². The van der Waals surface area contributed by atoms with Crippen LogP contribution < -0.4 is 5.56 Å². The smallest absolute Gasteiger partial charge is 0.263 e. The zero-order chi connectivity index (χ0) is 15.5. The summed E-state index contributed by atoms with van der Waals surface area (Å²) in [5.41, 5.74) is -0.0454. The molecule has 6 nitrogen and oxygen atoms in total. The summed E-state index contributed by atoms with van der Waals surface area (Å²) < 4.78 is 6.70. The molecule has 3 aromatic heterocycles. The van der Waals surface area contributed by atoms with Crippen LogP contribution in [-0.2, 0) is 18.7 Å². The van der Waals surface area contributed by atoms with Crippen LogP contribution in [0.25, 0.3) is 10.2 Å². The highest BCUT2D eigenvalue weighted by atomic mass is 32.2. The van der Waals surface area contributed by atoms with Crippen molar-refractivity contribution < 1.29 is 4.52 Å². The third-order valence-corrected chi connectivity index (χ3v) is 4.78. The standard InChI is InChI=1S/C14H14N4O2S2/c1-3-6-18-13(19)9-5-7-21-12(9)16-14(18)22-8-10-15-11(4-2)20-17-10/h3,5,7H,1,4,6,8H2,2H3. The van der Waals surface area contributed by atoms with Crippen LogP contribution in [0.4, 0.5) is 0 Å². The summed E-state index contributed by atoms with van der Waals surface area (Å²) in [6.45, 7) is 6.08. The SMILES string of the molecule is C=CCn1c(SCc2noc(CC)n2)nc2sccc2c1=O. The Kier molecular flexibility index (Phi) is 4.39. The molecule has 0 radical (unpaired) electrons. The topological polar surface area (TPSA) is 73.8 Å². The normalized spacial score (nSPS) is 11.1. The monoisotopic (exact) mass is 334 g/mol. The number of aryl methyl sites for hydroxylation is 1. The van der Waals surface area contributed by atoms with E-state index in [1.165, 1.54) is 23.1 Å². The van der Waals surface area contributed by atoms with Gasteiger partial charge in [-0.1, -0.05) is 29.9 Å². The Morgan fingerprint density at radius 1 is 1.50 bits per heavy atom. The second kappa shape index (κ2) is 6.45. The second-order valence-electron chi connectivity index (χ2n) is 4.48. The average molecular weight is 334 g/mol. The fourth-order valence-electron chi connectivity index (χ4n) is 1.95. The molecule has 3 rings (SSSR count). The maximum absolute atomic E-state index is 12.5. The Labute approximate surface area is 134 Å². The minimum Gasteiger partial charge on any atom is -0.339 e. The van der Waals surface area contributed by atoms with E-state index in [1.807, 2.05) is 12.3 Å². The van der Waals surface area contributed by atoms with E-state index in [0.29, 0.717) is 41.0 Å². The van der Waals surface area contributed by atoms with Crippen LogP contribution in [0.2, 0.25) is 0 Å². The number of hydrogen-bond acceptors (Lipinski definition) is 7. The van der Waals surface area contributed by atoms with Crippen molar-refractivity contribution in [2.75, 3.05) is 0 Å². The van der Waals surface area contributed by atoms with Crippen LogP contribution in [0, 0.1) is 0 Å². The molecule has 22 heavy (non-hydrogen) atoms. The van der Waals surface area contributed by atoms with Gasteiger partial charge >= 0.3 is 0 Å². The minimum absolute atomic E-state index is 0.0454. The van der Waals surface area contributed by atoms with Crippen molar-refractivity contribution in [1.29, 1.82) is 0 Å². The number of rotatable bonds is 6. The molecular formula is C14H14N4O2S2. The van der Waals surface area contributed by atoms with Gasteiger partial charge in [-0.05, 0) is 11.4 Å². The molecule has 8 heteroatoms. The molecule has 0 bridgehead atoms. The van der Waals surface area contributed by atoms with Gasteiger partial charge in [0.1, 0.15) is 4.83 Å². The lowest BCUT2D eigenvalue weighted by Crippen LogP contribution is -2.22. The van der Waals surface area contributed by atoms with E-state index >= 15 is 0 Å². The van der Waals surface area contributed by atoms with E-state index in [-0.39, 0.29) is 5.56 Å². The highest BCUT2D eigenvalue weighted by Crippen LogP contribution is 2.23. The van der Waals surface area contributed by atoms with Crippen molar-refractivity contribution in [3.05, 3.63) is 46.2 Å². The molecule has 0 saturated carbocycles. The molecule has 0 aliphatic rings. The lowest BCUT2D eigenvalue weighted by Gasteiger charge is -2.08. The van der Waals surface area contributed by atoms with Crippen molar-refractivity contribution in [2.45, 2.75) is 30.8 Å². The highest BCUT2D eigenvalue weighted by Gasteiger charge is 2.13. The van der Waals surface area contributed by atoms with E-state index in [4.69, 9.17) is 4.52 Å². The summed E-state index contributed by atoms with van der Waals surface area (Å²) in [7, 11) is 0. The number of fused-ring (bicyclic) bond motifs is 1. The average Bonchev–Trinajstić information content (AvgIpc) is 3.17. The first-order valence-electron chi connectivity index (χ1n) is 6.76. The molecule has 0 N–H and O–H groups in total. The zero-order valence-electron chi connectivity index (χ0n) is 12.0. The third kappa shape index (κ3) is 2.84. The number of aromatic nitrogens is 4. The Morgan fingerprint density at radius 3 is 3.09 bits per heavy atom. The quantitative estimate of drug-likeness (QED) is 0.392. The van der Waals surface area contributed by atoms with Crippen molar-refractivity contribution in [3.8, 4) is 0 Å². The van der Waals surface area contributed by atoms with Gasteiger partial charge in [0.2, 0.25) is 5.89 Å². The predicted molar refractivity (Wildman–Crippen MR) is 87.3 cm³/mol. The van der Waals surface area contributed by atoms with Crippen molar-refractivity contribution in [1.82, 2.24) is 19.7 Å².